The smallest absolute Gasteiger partial charge is 0.261 e. The van der Waals surface area contributed by atoms with Gasteiger partial charge in [-0.15, -0.1) is 0 Å². The topological polar surface area (TPSA) is 47.9 Å². The van der Waals surface area contributed by atoms with Crippen LogP contribution >= 0.6 is 0 Å². The van der Waals surface area contributed by atoms with Crippen LogP contribution in [0.1, 0.15) is 65.7 Å². The molecule has 0 unspecified atom stereocenters. The predicted octanol–water partition coefficient (Wildman–Crippen LogP) is 5.07. The van der Waals surface area contributed by atoms with Crippen molar-refractivity contribution in [2.45, 2.75) is 89.1 Å². The van der Waals surface area contributed by atoms with Crippen molar-refractivity contribution in [3.8, 4) is 0 Å². The summed E-state index contributed by atoms with van der Waals surface area (Å²) in [5.74, 6) is 0. The summed E-state index contributed by atoms with van der Waals surface area (Å²) in [6.45, 7) is 7.95. The molecule has 2 aromatic carbocycles. The second-order valence-corrected chi connectivity index (χ2v) is 14.8. The molecule has 1 fully saturated rings. The molecule has 1 aliphatic rings. The summed E-state index contributed by atoms with van der Waals surface area (Å²) in [7, 11) is -0.690. The van der Waals surface area contributed by atoms with E-state index in [4.69, 9.17) is 19.0 Å². The van der Waals surface area contributed by atoms with Crippen molar-refractivity contribution in [3.05, 3.63) is 60.7 Å². The maximum absolute atomic E-state index is 9.12. The zero-order chi connectivity index (χ0) is 24.4. The lowest BCUT2D eigenvalue weighted by Gasteiger charge is -2.43. The highest BCUT2D eigenvalue weighted by Gasteiger charge is 2.50. The molecular weight excluding hydrogens is 440 g/mol. The minimum absolute atomic E-state index is 0.000529. The molecule has 4 nitrogen and oxygen atoms in total. The SMILES string of the molecule is CO[C@H]1CC[C@@H](CCCO[Si](c2ccccc2)(c2ccccc2)C(C)(C)C)O[C@@H]1CCCCO. The lowest BCUT2D eigenvalue weighted by atomic mass is 9.95. The summed E-state index contributed by atoms with van der Waals surface area (Å²) >= 11 is 0. The van der Waals surface area contributed by atoms with Crippen LogP contribution in [0.15, 0.2) is 60.7 Å². The molecular formula is C29H44O4Si. The number of methoxy groups -OCH3 is 1. The molecule has 1 N–H and O–H groups in total. The van der Waals surface area contributed by atoms with Gasteiger partial charge in [-0.1, -0.05) is 81.4 Å². The molecule has 0 aromatic heterocycles. The van der Waals surface area contributed by atoms with Gasteiger partial charge in [0.15, 0.2) is 0 Å². The number of hydrogen-bond acceptors (Lipinski definition) is 4. The van der Waals surface area contributed by atoms with Crippen molar-refractivity contribution in [1.29, 1.82) is 0 Å². The molecule has 188 valence electrons. The summed E-state index contributed by atoms with van der Waals surface area (Å²) in [5, 5.41) is 11.8. The molecule has 3 atom stereocenters. The molecule has 0 spiro atoms. The van der Waals surface area contributed by atoms with Gasteiger partial charge in [-0.2, -0.15) is 0 Å². The fraction of sp³-hybridized carbons (Fsp3) is 0.586. The van der Waals surface area contributed by atoms with Crippen molar-refractivity contribution in [1.82, 2.24) is 0 Å². The minimum Gasteiger partial charge on any atom is -0.407 e. The van der Waals surface area contributed by atoms with Crippen LogP contribution in [-0.2, 0) is 13.9 Å². The average molecular weight is 485 g/mol. The van der Waals surface area contributed by atoms with Crippen LogP contribution in [0.4, 0.5) is 0 Å². The van der Waals surface area contributed by atoms with Crippen LogP contribution in [0, 0.1) is 0 Å². The molecule has 1 heterocycles. The molecule has 0 amide bonds. The molecule has 3 rings (SSSR count). The van der Waals surface area contributed by atoms with E-state index in [0.29, 0.717) is 0 Å². The minimum atomic E-state index is -2.47. The largest absolute Gasteiger partial charge is 0.407 e. The number of rotatable bonds is 12. The van der Waals surface area contributed by atoms with Gasteiger partial charge in [0.05, 0.1) is 18.3 Å². The van der Waals surface area contributed by atoms with Gasteiger partial charge < -0.3 is 19.0 Å². The molecule has 0 bridgehead atoms. The van der Waals surface area contributed by atoms with Gasteiger partial charge in [-0.25, -0.2) is 0 Å². The maximum Gasteiger partial charge on any atom is 0.261 e. The zero-order valence-corrected chi connectivity index (χ0v) is 22.5. The van der Waals surface area contributed by atoms with Gasteiger partial charge >= 0.3 is 0 Å². The first kappa shape index (κ1) is 27.1. The van der Waals surface area contributed by atoms with Crippen molar-refractivity contribution in [2.75, 3.05) is 20.3 Å². The maximum atomic E-state index is 9.12. The number of benzene rings is 2. The van der Waals surface area contributed by atoms with E-state index in [1.807, 2.05) is 0 Å². The number of hydrogen-bond donors (Lipinski definition) is 1. The summed E-state index contributed by atoms with van der Waals surface area (Å²) in [6, 6.07) is 21.7. The van der Waals surface area contributed by atoms with E-state index in [9.17, 15) is 0 Å². The third-order valence-corrected chi connectivity index (χ3v) is 12.2. The molecule has 2 aromatic rings. The quantitative estimate of drug-likeness (QED) is 0.338. The lowest BCUT2D eigenvalue weighted by Crippen LogP contribution is -2.66. The first-order chi connectivity index (χ1) is 16.4. The third-order valence-electron chi connectivity index (χ3n) is 7.16. The Kier molecular flexibility index (Phi) is 10.3. The third kappa shape index (κ3) is 6.58. The normalized spacial score (nSPS) is 21.5. The first-order valence-electron chi connectivity index (χ1n) is 13.0. The Morgan fingerprint density at radius 3 is 2.03 bits per heavy atom. The summed E-state index contributed by atoms with van der Waals surface area (Å²) in [4.78, 5) is 0. The van der Waals surface area contributed by atoms with Crippen LogP contribution in [0.3, 0.4) is 0 Å². The Labute approximate surface area is 207 Å². The Bertz CT molecular complexity index is 782. The fourth-order valence-corrected chi connectivity index (χ4v) is 10.0. The standard InChI is InChI=1S/C29H44O4Si/c1-29(2,3)34(25-15-7-5-8-16-25,26-17-9-6-10-18-26)32-23-13-14-24-20-21-27(31-4)28(33-24)19-11-12-22-30/h5-10,15-18,24,27-28,30H,11-14,19-23H2,1-4H3/t24-,27+,28-/m1/s1. The van der Waals surface area contributed by atoms with Crippen LogP contribution < -0.4 is 10.4 Å². The zero-order valence-electron chi connectivity index (χ0n) is 21.5. The van der Waals surface area contributed by atoms with Crippen molar-refractivity contribution in [3.63, 3.8) is 0 Å². The number of ether oxygens (including phenoxy) is 2. The van der Waals surface area contributed by atoms with E-state index >= 15 is 0 Å². The molecule has 1 saturated heterocycles. The van der Waals surface area contributed by atoms with Gasteiger partial charge in [0.25, 0.3) is 8.32 Å². The van der Waals surface area contributed by atoms with E-state index in [-0.39, 0.29) is 30.0 Å². The Morgan fingerprint density at radius 2 is 1.50 bits per heavy atom. The Hall–Kier alpha value is -1.50. The number of aliphatic hydroxyl groups is 1. The summed E-state index contributed by atoms with van der Waals surface area (Å²) < 4.78 is 19.2. The van der Waals surface area contributed by atoms with Gasteiger partial charge in [0.2, 0.25) is 0 Å². The highest BCUT2D eigenvalue weighted by atomic mass is 28.4. The molecule has 0 saturated carbocycles. The number of unbranched alkanes of at least 4 members (excludes halogenated alkanes) is 1. The lowest BCUT2D eigenvalue weighted by molar-refractivity contribution is -0.134. The first-order valence-corrected chi connectivity index (χ1v) is 14.9. The second-order valence-electron chi connectivity index (χ2n) is 10.5. The molecule has 0 aliphatic carbocycles. The van der Waals surface area contributed by atoms with E-state index in [0.717, 1.165) is 51.6 Å². The van der Waals surface area contributed by atoms with Crippen LogP contribution in [0.2, 0.25) is 5.04 Å². The van der Waals surface area contributed by atoms with Gasteiger partial charge in [0, 0.05) is 20.3 Å². The van der Waals surface area contributed by atoms with Crippen LogP contribution in [0.25, 0.3) is 0 Å². The van der Waals surface area contributed by atoms with Crippen LogP contribution in [0.5, 0.6) is 0 Å². The molecule has 0 radical (unpaired) electrons. The monoisotopic (exact) mass is 484 g/mol. The number of aliphatic hydroxyl groups excluding tert-OH is 1. The van der Waals surface area contributed by atoms with E-state index in [2.05, 4.69) is 81.4 Å². The van der Waals surface area contributed by atoms with E-state index in [1.165, 1.54) is 10.4 Å². The molecule has 34 heavy (non-hydrogen) atoms. The highest BCUT2D eigenvalue weighted by Crippen LogP contribution is 2.37. The second kappa shape index (κ2) is 13.0. The van der Waals surface area contributed by atoms with Crippen LogP contribution in [-0.4, -0.2) is 52.1 Å². The van der Waals surface area contributed by atoms with Crippen molar-refractivity contribution in [2.24, 2.45) is 0 Å². The highest BCUT2D eigenvalue weighted by molar-refractivity contribution is 6.99. The van der Waals surface area contributed by atoms with Gasteiger partial charge in [-0.05, 0) is 60.4 Å². The summed E-state index contributed by atoms with van der Waals surface area (Å²) in [5.41, 5.74) is 0. The summed E-state index contributed by atoms with van der Waals surface area (Å²) in [6.07, 6.45) is 7.38. The van der Waals surface area contributed by atoms with Crippen molar-refractivity contribution < 1.29 is 19.0 Å². The van der Waals surface area contributed by atoms with Crippen molar-refractivity contribution >= 4 is 18.7 Å². The Balaban J connectivity index is 1.67. The van der Waals surface area contributed by atoms with E-state index in [1.54, 1.807) is 7.11 Å². The molecule has 1 aliphatic heterocycles. The Morgan fingerprint density at radius 1 is 0.882 bits per heavy atom. The predicted molar refractivity (Wildman–Crippen MR) is 142 cm³/mol. The van der Waals surface area contributed by atoms with Gasteiger partial charge in [-0.3, -0.25) is 0 Å². The fourth-order valence-electron chi connectivity index (χ4n) is 5.43. The van der Waals surface area contributed by atoms with E-state index < -0.39 is 8.32 Å². The van der Waals surface area contributed by atoms with Gasteiger partial charge in [0.1, 0.15) is 0 Å². The molecule has 5 heteroatoms. The average Bonchev–Trinajstić information content (AvgIpc) is 2.85.